The molecule has 2 aliphatic rings. The number of hydrogen-bond donors (Lipinski definition) is 1. The molecule has 1 aliphatic carbocycles. The van der Waals surface area contributed by atoms with Crippen molar-refractivity contribution in [2.75, 3.05) is 33.3 Å². The lowest BCUT2D eigenvalue weighted by molar-refractivity contribution is 0.0659. The highest BCUT2D eigenvalue weighted by molar-refractivity contribution is 5.97. The van der Waals surface area contributed by atoms with Gasteiger partial charge in [0.2, 0.25) is 0 Å². The summed E-state index contributed by atoms with van der Waals surface area (Å²) in [5.41, 5.74) is 2.61. The largest absolute Gasteiger partial charge is 0.496 e. The van der Waals surface area contributed by atoms with Crippen LogP contribution in [0, 0.1) is 13.8 Å². The molecule has 3 rings (SSSR count). The summed E-state index contributed by atoms with van der Waals surface area (Å²) < 4.78 is 5.46. The zero-order valence-electron chi connectivity index (χ0n) is 16.7. The number of nitrogens with one attached hydrogen (secondary N) is 1. The highest BCUT2D eigenvalue weighted by Gasteiger charge is 2.28. The number of amides is 3. The van der Waals surface area contributed by atoms with Crippen molar-refractivity contribution < 1.29 is 14.3 Å². The number of rotatable bonds is 3. The van der Waals surface area contributed by atoms with E-state index in [1.807, 2.05) is 35.8 Å². The van der Waals surface area contributed by atoms with Crippen molar-refractivity contribution in [2.45, 2.75) is 52.0 Å². The van der Waals surface area contributed by atoms with Crippen molar-refractivity contribution in [2.24, 2.45) is 0 Å². The maximum Gasteiger partial charge on any atom is 0.317 e. The van der Waals surface area contributed by atoms with Crippen LogP contribution < -0.4 is 10.1 Å². The third-order valence-electron chi connectivity index (χ3n) is 5.64. The first kappa shape index (κ1) is 19.5. The molecule has 0 aromatic heterocycles. The van der Waals surface area contributed by atoms with E-state index in [9.17, 15) is 9.59 Å². The van der Waals surface area contributed by atoms with E-state index < -0.39 is 0 Å². The lowest BCUT2D eigenvalue weighted by atomic mass is 9.96. The molecule has 1 aliphatic heterocycles. The van der Waals surface area contributed by atoms with Crippen LogP contribution in [-0.2, 0) is 0 Å². The minimum absolute atomic E-state index is 0.0120. The summed E-state index contributed by atoms with van der Waals surface area (Å²) in [5, 5.41) is 3.16. The molecule has 0 unspecified atom stereocenters. The summed E-state index contributed by atoms with van der Waals surface area (Å²) in [5.74, 6) is 0.619. The standard InChI is InChI=1S/C21H31N3O3/c1-15-13-16(2)19(27-3)18(14-15)20(25)23-9-11-24(12-10-23)21(26)22-17-7-5-4-6-8-17/h13-14,17H,4-12H2,1-3H3,(H,22,26). The first-order valence-electron chi connectivity index (χ1n) is 9.99. The number of nitrogens with zero attached hydrogens (tertiary/aromatic N) is 2. The van der Waals surface area contributed by atoms with E-state index in [-0.39, 0.29) is 11.9 Å². The van der Waals surface area contributed by atoms with Crippen molar-refractivity contribution in [3.8, 4) is 5.75 Å². The second-order valence-electron chi connectivity index (χ2n) is 7.73. The van der Waals surface area contributed by atoms with Crippen LogP contribution in [0.25, 0.3) is 0 Å². The van der Waals surface area contributed by atoms with Crippen LogP contribution in [0.15, 0.2) is 12.1 Å². The predicted molar refractivity (Wildman–Crippen MR) is 105 cm³/mol. The van der Waals surface area contributed by atoms with Gasteiger partial charge >= 0.3 is 6.03 Å². The summed E-state index contributed by atoms with van der Waals surface area (Å²) in [6.07, 6.45) is 5.83. The van der Waals surface area contributed by atoms with Crippen molar-refractivity contribution >= 4 is 11.9 Å². The highest BCUT2D eigenvalue weighted by Crippen LogP contribution is 2.27. The normalized spacial score (nSPS) is 18.3. The highest BCUT2D eigenvalue weighted by atomic mass is 16.5. The molecule has 1 N–H and O–H groups in total. The Labute approximate surface area is 161 Å². The predicted octanol–water partition coefficient (Wildman–Crippen LogP) is 3.11. The first-order valence-corrected chi connectivity index (χ1v) is 9.99. The SMILES string of the molecule is COc1c(C)cc(C)cc1C(=O)N1CCN(C(=O)NC2CCCCC2)CC1. The molecule has 3 amide bonds. The Bertz CT molecular complexity index is 690. The van der Waals surface area contributed by atoms with Crippen molar-refractivity contribution in [3.63, 3.8) is 0 Å². The van der Waals surface area contributed by atoms with E-state index in [0.29, 0.717) is 43.5 Å². The van der Waals surface area contributed by atoms with Crippen molar-refractivity contribution in [3.05, 3.63) is 28.8 Å². The van der Waals surface area contributed by atoms with Gasteiger partial charge in [0.05, 0.1) is 12.7 Å². The number of carbonyl (C=O) groups is 2. The van der Waals surface area contributed by atoms with E-state index in [1.165, 1.54) is 19.3 Å². The van der Waals surface area contributed by atoms with Crippen LogP contribution in [0.4, 0.5) is 4.79 Å². The maximum absolute atomic E-state index is 13.0. The van der Waals surface area contributed by atoms with Crippen LogP contribution in [0.5, 0.6) is 5.75 Å². The topological polar surface area (TPSA) is 61.9 Å². The van der Waals surface area contributed by atoms with Gasteiger partial charge in [-0.1, -0.05) is 25.3 Å². The summed E-state index contributed by atoms with van der Waals surface area (Å²) >= 11 is 0. The van der Waals surface area contributed by atoms with E-state index in [4.69, 9.17) is 4.74 Å². The Morgan fingerprint density at radius 1 is 1.00 bits per heavy atom. The van der Waals surface area contributed by atoms with Gasteiger partial charge in [0.1, 0.15) is 5.75 Å². The minimum atomic E-state index is -0.0222. The smallest absolute Gasteiger partial charge is 0.317 e. The Balaban J connectivity index is 1.59. The van der Waals surface area contributed by atoms with Crippen LogP contribution in [0.1, 0.15) is 53.6 Å². The molecule has 27 heavy (non-hydrogen) atoms. The van der Waals surface area contributed by atoms with E-state index in [1.54, 1.807) is 7.11 Å². The van der Waals surface area contributed by atoms with Gasteiger partial charge in [-0.05, 0) is 43.9 Å². The fourth-order valence-electron chi connectivity index (χ4n) is 4.18. The van der Waals surface area contributed by atoms with Gasteiger partial charge in [0.15, 0.2) is 0 Å². The molecule has 0 radical (unpaired) electrons. The molecule has 0 bridgehead atoms. The lowest BCUT2D eigenvalue weighted by Crippen LogP contribution is -2.54. The van der Waals surface area contributed by atoms with Crippen LogP contribution in [0.3, 0.4) is 0 Å². The summed E-state index contributed by atoms with van der Waals surface area (Å²) in [4.78, 5) is 29.1. The molecule has 148 valence electrons. The zero-order chi connectivity index (χ0) is 19.4. The zero-order valence-corrected chi connectivity index (χ0v) is 16.7. The number of hydrogen-bond acceptors (Lipinski definition) is 3. The summed E-state index contributed by atoms with van der Waals surface area (Å²) in [6.45, 7) is 6.17. The Morgan fingerprint density at radius 3 is 2.26 bits per heavy atom. The molecular formula is C21H31N3O3. The fraction of sp³-hybridized carbons (Fsp3) is 0.619. The van der Waals surface area contributed by atoms with E-state index in [2.05, 4.69) is 5.32 Å². The van der Waals surface area contributed by atoms with Gasteiger partial charge in [0.25, 0.3) is 5.91 Å². The molecule has 6 nitrogen and oxygen atoms in total. The molecule has 6 heteroatoms. The van der Waals surface area contributed by atoms with Gasteiger partial charge in [-0.15, -0.1) is 0 Å². The van der Waals surface area contributed by atoms with Gasteiger partial charge < -0.3 is 19.9 Å². The molecule has 2 fully saturated rings. The number of piperazine rings is 1. The molecule has 0 atom stereocenters. The van der Waals surface area contributed by atoms with Gasteiger partial charge in [-0.2, -0.15) is 0 Å². The van der Waals surface area contributed by atoms with Gasteiger partial charge in [-0.3, -0.25) is 4.79 Å². The molecule has 0 spiro atoms. The Morgan fingerprint density at radius 2 is 1.63 bits per heavy atom. The molecule has 1 heterocycles. The first-order chi connectivity index (χ1) is 13.0. The van der Waals surface area contributed by atoms with Crippen LogP contribution >= 0.6 is 0 Å². The van der Waals surface area contributed by atoms with Crippen molar-refractivity contribution in [1.82, 2.24) is 15.1 Å². The quantitative estimate of drug-likeness (QED) is 0.886. The molecule has 1 saturated heterocycles. The molecule has 1 aromatic rings. The second-order valence-corrected chi connectivity index (χ2v) is 7.73. The van der Waals surface area contributed by atoms with Crippen LogP contribution in [-0.4, -0.2) is 61.1 Å². The maximum atomic E-state index is 13.0. The third kappa shape index (κ3) is 4.54. The summed E-state index contributed by atoms with van der Waals surface area (Å²) in [7, 11) is 1.60. The second kappa shape index (κ2) is 8.63. The van der Waals surface area contributed by atoms with Crippen molar-refractivity contribution in [1.29, 1.82) is 0 Å². The monoisotopic (exact) mass is 373 g/mol. The number of aryl methyl sites for hydroxylation is 2. The van der Waals surface area contributed by atoms with E-state index >= 15 is 0 Å². The molecule has 1 saturated carbocycles. The number of methoxy groups -OCH3 is 1. The number of benzene rings is 1. The Kier molecular flexibility index (Phi) is 6.24. The Hall–Kier alpha value is -2.24. The van der Waals surface area contributed by atoms with Gasteiger partial charge in [-0.25, -0.2) is 4.79 Å². The number of urea groups is 1. The third-order valence-corrected chi connectivity index (χ3v) is 5.64. The molecular weight excluding hydrogens is 342 g/mol. The fourth-order valence-corrected chi connectivity index (χ4v) is 4.18. The van der Waals surface area contributed by atoms with Gasteiger partial charge in [0, 0.05) is 32.2 Å². The van der Waals surface area contributed by atoms with E-state index in [0.717, 1.165) is 24.0 Å². The lowest BCUT2D eigenvalue weighted by Gasteiger charge is -2.36. The molecule has 1 aromatic carbocycles. The number of ether oxygens (including phenoxy) is 1. The minimum Gasteiger partial charge on any atom is -0.496 e. The van der Waals surface area contributed by atoms with Crippen LogP contribution in [0.2, 0.25) is 0 Å². The average Bonchev–Trinajstić information content (AvgIpc) is 2.68. The number of carbonyl (C=O) groups excluding carboxylic acids is 2. The summed E-state index contributed by atoms with van der Waals surface area (Å²) in [6, 6.07) is 4.22. The average molecular weight is 373 g/mol.